The molecule has 1 aromatic rings. The molecule has 6 nitrogen and oxygen atoms in total. The molecule has 0 atom stereocenters. The fourth-order valence-electron chi connectivity index (χ4n) is 2.20. The Labute approximate surface area is 124 Å². The normalized spacial score (nSPS) is 15.9. The van der Waals surface area contributed by atoms with Crippen molar-refractivity contribution in [2.45, 2.75) is 38.2 Å². The molecule has 116 valence electrons. The number of nitrogens with one attached hydrogen (secondary N) is 1. The monoisotopic (exact) mass is 312 g/mol. The minimum Gasteiger partial charge on any atom is -0.474 e. The molecule has 0 aliphatic heterocycles. The second-order valence-electron chi connectivity index (χ2n) is 5.34. The van der Waals surface area contributed by atoms with E-state index in [1.165, 1.54) is 19.0 Å². The van der Waals surface area contributed by atoms with E-state index in [9.17, 15) is 13.2 Å². The van der Waals surface area contributed by atoms with E-state index in [4.69, 9.17) is 4.74 Å². The summed E-state index contributed by atoms with van der Waals surface area (Å²) in [7, 11) is -3.13. The van der Waals surface area contributed by atoms with Crippen LogP contribution in [0.5, 0.6) is 5.88 Å². The second kappa shape index (κ2) is 6.89. The van der Waals surface area contributed by atoms with Crippen LogP contribution in [0.3, 0.4) is 0 Å². The maximum absolute atomic E-state index is 11.6. The molecule has 1 fully saturated rings. The molecule has 7 heteroatoms. The number of carbonyl (C=O) groups is 1. The third-order valence-corrected chi connectivity index (χ3v) is 4.26. The number of nitrogens with zero attached hydrogens (tertiary/aromatic N) is 1. The maximum atomic E-state index is 11.6. The molecule has 0 bridgehead atoms. The maximum Gasteiger partial charge on any atom is 0.225 e. The van der Waals surface area contributed by atoms with E-state index in [2.05, 4.69) is 10.3 Å². The molecule has 0 saturated heterocycles. The quantitative estimate of drug-likeness (QED) is 0.865. The minimum atomic E-state index is -3.13. The van der Waals surface area contributed by atoms with Gasteiger partial charge >= 0.3 is 0 Å². The number of pyridine rings is 1. The molecule has 1 aromatic heterocycles. The molecule has 1 amide bonds. The number of hydrogen-bond acceptors (Lipinski definition) is 5. The summed E-state index contributed by atoms with van der Waals surface area (Å²) >= 11 is 0. The van der Waals surface area contributed by atoms with Crippen molar-refractivity contribution in [1.82, 2.24) is 4.98 Å². The molecular weight excluding hydrogens is 292 g/mol. The van der Waals surface area contributed by atoms with Crippen LogP contribution in [0.4, 0.5) is 5.69 Å². The summed E-state index contributed by atoms with van der Waals surface area (Å²) in [5.74, 6) is 0.0533. The number of aromatic nitrogens is 1. The zero-order valence-electron chi connectivity index (χ0n) is 12.0. The van der Waals surface area contributed by atoms with Crippen molar-refractivity contribution in [2.75, 3.05) is 17.3 Å². The van der Waals surface area contributed by atoms with Gasteiger partial charge in [0.1, 0.15) is 15.9 Å². The molecule has 0 spiro atoms. The Kier molecular flexibility index (Phi) is 5.17. The van der Waals surface area contributed by atoms with E-state index in [1.54, 1.807) is 12.1 Å². The Hall–Kier alpha value is -1.63. The molecular formula is C14H20N2O4S. The molecule has 0 radical (unpaired) electrons. The molecule has 2 rings (SSSR count). The average molecular weight is 312 g/mol. The Morgan fingerprint density at radius 2 is 2.10 bits per heavy atom. The third kappa shape index (κ3) is 5.71. The number of amides is 1. The Morgan fingerprint density at radius 1 is 1.38 bits per heavy atom. The van der Waals surface area contributed by atoms with Crippen LogP contribution >= 0.6 is 0 Å². The van der Waals surface area contributed by atoms with E-state index in [0.717, 1.165) is 19.1 Å². The predicted molar refractivity (Wildman–Crippen MR) is 80.1 cm³/mol. The molecule has 1 heterocycles. The van der Waals surface area contributed by atoms with Crippen molar-refractivity contribution < 1.29 is 17.9 Å². The van der Waals surface area contributed by atoms with Gasteiger partial charge < -0.3 is 10.1 Å². The lowest BCUT2D eigenvalue weighted by atomic mass is 10.3. The van der Waals surface area contributed by atoms with Gasteiger partial charge in [0.15, 0.2) is 0 Å². The lowest BCUT2D eigenvalue weighted by Crippen LogP contribution is -2.16. The minimum absolute atomic E-state index is 0.0564. The highest BCUT2D eigenvalue weighted by atomic mass is 32.2. The summed E-state index contributed by atoms with van der Waals surface area (Å²) in [5.41, 5.74) is 0.535. The van der Waals surface area contributed by atoms with Crippen molar-refractivity contribution >= 4 is 21.4 Å². The summed E-state index contributed by atoms with van der Waals surface area (Å²) in [6.07, 6.45) is 7.32. The van der Waals surface area contributed by atoms with Crippen molar-refractivity contribution in [3.05, 3.63) is 18.3 Å². The first-order valence-electron chi connectivity index (χ1n) is 7.03. The van der Waals surface area contributed by atoms with Crippen LogP contribution in [0.25, 0.3) is 0 Å². The molecule has 0 aromatic carbocycles. The highest BCUT2D eigenvalue weighted by molar-refractivity contribution is 7.90. The number of rotatable bonds is 6. The summed E-state index contributed by atoms with van der Waals surface area (Å²) < 4.78 is 27.7. The molecule has 0 unspecified atom stereocenters. The van der Waals surface area contributed by atoms with E-state index in [-0.39, 0.29) is 24.2 Å². The lowest BCUT2D eigenvalue weighted by molar-refractivity contribution is -0.115. The van der Waals surface area contributed by atoms with Gasteiger partial charge in [-0.2, -0.15) is 0 Å². The van der Waals surface area contributed by atoms with Gasteiger partial charge in [-0.3, -0.25) is 4.79 Å². The van der Waals surface area contributed by atoms with Crippen molar-refractivity contribution in [3.8, 4) is 5.88 Å². The summed E-state index contributed by atoms with van der Waals surface area (Å²) in [6.45, 7) is 0. The highest BCUT2D eigenvalue weighted by Crippen LogP contribution is 2.23. The van der Waals surface area contributed by atoms with Gasteiger partial charge in [-0.1, -0.05) is 0 Å². The molecule has 21 heavy (non-hydrogen) atoms. The van der Waals surface area contributed by atoms with Gasteiger partial charge in [0, 0.05) is 18.7 Å². The van der Waals surface area contributed by atoms with E-state index >= 15 is 0 Å². The first-order valence-corrected chi connectivity index (χ1v) is 9.09. The SMILES string of the molecule is CS(=O)(=O)CCC(=O)Nc1ccc(OC2CCCC2)nc1. The molecule has 1 aliphatic rings. The van der Waals surface area contributed by atoms with Crippen LogP contribution in [0.1, 0.15) is 32.1 Å². The fourth-order valence-corrected chi connectivity index (χ4v) is 2.76. The van der Waals surface area contributed by atoms with E-state index in [1.807, 2.05) is 0 Å². The number of sulfone groups is 1. The molecule has 1 aliphatic carbocycles. The number of ether oxygens (including phenoxy) is 1. The van der Waals surface area contributed by atoms with Gasteiger partial charge in [0.05, 0.1) is 17.6 Å². The zero-order chi connectivity index (χ0) is 15.3. The largest absolute Gasteiger partial charge is 0.474 e. The number of carbonyl (C=O) groups excluding carboxylic acids is 1. The van der Waals surface area contributed by atoms with Gasteiger partial charge in [0.25, 0.3) is 0 Å². The summed E-state index contributed by atoms with van der Waals surface area (Å²) in [5, 5.41) is 2.61. The van der Waals surface area contributed by atoms with Crippen LogP contribution in [-0.2, 0) is 14.6 Å². The number of anilines is 1. The zero-order valence-corrected chi connectivity index (χ0v) is 12.9. The van der Waals surface area contributed by atoms with Gasteiger partial charge in [-0.05, 0) is 31.7 Å². The van der Waals surface area contributed by atoms with Gasteiger partial charge in [0.2, 0.25) is 11.8 Å². The van der Waals surface area contributed by atoms with Crippen molar-refractivity contribution in [1.29, 1.82) is 0 Å². The Morgan fingerprint density at radius 3 is 2.67 bits per heavy atom. The number of hydrogen-bond donors (Lipinski definition) is 1. The van der Waals surface area contributed by atoms with Crippen LogP contribution in [0, 0.1) is 0 Å². The summed E-state index contributed by atoms with van der Waals surface area (Å²) in [4.78, 5) is 15.7. The molecule has 1 N–H and O–H groups in total. The Balaban J connectivity index is 1.82. The van der Waals surface area contributed by atoms with Crippen molar-refractivity contribution in [3.63, 3.8) is 0 Å². The van der Waals surface area contributed by atoms with Crippen LogP contribution in [0.15, 0.2) is 18.3 Å². The van der Waals surface area contributed by atoms with E-state index in [0.29, 0.717) is 11.6 Å². The summed E-state index contributed by atoms with van der Waals surface area (Å²) in [6, 6.07) is 3.42. The first-order chi connectivity index (χ1) is 9.92. The average Bonchev–Trinajstić information content (AvgIpc) is 2.91. The van der Waals surface area contributed by atoms with Gasteiger partial charge in [-0.15, -0.1) is 0 Å². The smallest absolute Gasteiger partial charge is 0.225 e. The third-order valence-electron chi connectivity index (χ3n) is 3.31. The fraction of sp³-hybridized carbons (Fsp3) is 0.571. The standard InChI is InChI=1S/C14H20N2O4S/c1-21(18,19)9-8-13(17)16-11-6-7-14(15-10-11)20-12-4-2-3-5-12/h6-7,10,12H,2-5,8-9H2,1H3,(H,16,17). The molecule has 1 saturated carbocycles. The van der Waals surface area contributed by atoms with Crippen LogP contribution in [-0.4, -0.2) is 37.4 Å². The second-order valence-corrected chi connectivity index (χ2v) is 7.60. The lowest BCUT2D eigenvalue weighted by Gasteiger charge is -2.12. The Bertz CT molecular complexity index is 577. The van der Waals surface area contributed by atoms with Crippen LogP contribution in [0.2, 0.25) is 0 Å². The predicted octanol–water partition coefficient (Wildman–Crippen LogP) is 1.78. The van der Waals surface area contributed by atoms with Crippen molar-refractivity contribution in [2.24, 2.45) is 0 Å². The topological polar surface area (TPSA) is 85.4 Å². The highest BCUT2D eigenvalue weighted by Gasteiger charge is 2.16. The van der Waals surface area contributed by atoms with Gasteiger partial charge in [-0.25, -0.2) is 13.4 Å². The van der Waals surface area contributed by atoms with E-state index < -0.39 is 9.84 Å². The van der Waals surface area contributed by atoms with Crippen LogP contribution < -0.4 is 10.1 Å². The first kappa shape index (κ1) is 15.8.